The fourth-order valence-corrected chi connectivity index (χ4v) is 3.88. The zero-order chi connectivity index (χ0) is 21.5. The molecule has 1 aliphatic rings. The molecule has 0 bridgehead atoms. The molecule has 0 atom stereocenters. The molecule has 0 aromatic heterocycles. The van der Waals surface area contributed by atoms with Crippen molar-refractivity contribution in [1.29, 1.82) is 0 Å². The van der Waals surface area contributed by atoms with Crippen LogP contribution in [0, 0.1) is 0 Å². The molecular weight excluding hydrogens is 422 g/mol. The third kappa shape index (κ3) is 5.46. The molecule has 1 saturated heterocycles. The highest BCUT2D eigenvalue weighted by atomic mass is 32.2. The maximum atomic E-state index is 12.2. The topological polar surface area (TPSA) is 57.2 Å². The van der Waals surface area contributed by atoms with Gasteiger partial charge < -0.3 is 18.9 Å². The van der Waals surface area contributed by atoms with Gasteiger partial charge in [-0.05, 0) is 42.8 Å². The molecule has 30 heavy (non-hydrogen) atoms. The van der Waals surface area contributed by atoms with E-state index in [9.17, 15) is 4.79 Å². The molecule has 1 heterocycles. The zero-order valence-corrected chi connectivity index (χ0v) is 18.7. The Hall–Kier alpha value is -2.71. The van der Waals surface area contributed by atoms with Crippen LogP contribution in [0.15, 0.2) is 47.4 Å². The summed E-state index contributed by atoms with van der Waals surface area (Å²) in [5, 5.41) is 0. The second-order valence-electron chi connectivity index (χ2n) is 6.26. The Labute approximate surface area is 185 Å². The Morgan fingerprint density at radius 2 is 1.80 bits per heavy atom. The van der Waals surface area contributed by atoms with Crippen molar-refractivity contribution in [2.24, 2.45) is 0 Å². The molecule has 0 spiro atoms. The molecule has 3 rings (SSSR count). The summed E-state index contributed by atoms with van der Waals surface area (Å²) < 4.78 is 23.0. The Kier molecular flexibility index (Phi) is 7.59. The molecule has 2 aromatic carbocycles. The Morgan fingerprint density at radius 3 is 2.50 bits per heavy atom. The van der Waals surface area contributed by atoms with Crippen LogP contribution in [0.25, 0.3) is 6.08 Å². The van der Waals surface area contributed by atoms with Crippen LogP contribution >= 0.6 is 24.0 Å². The second kappa shape index (κ2) is 10.4. The van der Waals surface area contributed by atoms with Crippen LogP contribution in [0.2, 0.25) is 0 Å². The molecule has 1 fully saturated rings. The third-order valence-electron chi connectivity index (χ3n) is 4.20. The van der Waals surface area contributed by atoms with Gasteiger partial charge in [0.1, 0.15) is 29.0 Å². The number of nitrogens with zero attached hydrogens (tertiary/aromatic N) is 1. The van der Waals surface area contributed by atoms with Crippen molar-refractivity contribution in [1.82, 2.24) is 4.90 Å². The fraction of sp³-hybridized carbons (Fsp3) is 0.273. The zero-order valence-electron chi connectivity index (χ0n) is 17.0. The number of thiocarbonyl (C=S) groups is 1. The number of methoxy groups -OCH3 is 1. The number of carbonyl (C=O) groups is 1. The molecule has 1 aliphatic heterocycles. The molecule has 0 aliphatic carbocycles. The minimum Gasteiger partial charge on any atom is -0.497 e. The van der Waals surface area contributed by atoms with E-state index in [1.54, 1.807) is 20.2 Å². The Bertz CT molecular complexity index is 960. The summed E-state index contributed by atoms with van der Waals surface area (Å²) >= 11 is 6.46. The van der Waals surface area contributed by atoms with Crippen molar-refractivity contribution in [2.45, 2.75) is 6.92 Å². The van der Waals surface area contributed by atoms with Crippen molar-refractivity contribution >= 4 is 40.3 Å². The first-order valence-corrected chi connectivity index (χ1v) is 10.6. The van der Waals surface area contributed by atoms with E-state index in [0.29, 0.717) is 46.3 Å². The van der Waals surface area contributed by atoms with Gasteiger partial charge in [0.25, 0.3) is 5.91 Å². The molecule has 0 unspecified atom stereocenters. The quantitative estimate of drug-likeness (QED) is 0.322. The van der Waals surface area contributed by atoms with Crippen LogP contribution in [0.3, 0.4) is 0 Å². The summed E-state index contributed by atoms with van der Waals surface area (Å²) in [6.07, 6.45) is 1.81. The second-order valence-corrected chi connectivity index (χ2v) is 7.93. The average Bonchev–Trinajstić information content (AvgIpc) is 2.99. The lowest BCUT2D eigenvalue weighted by Gasteiger charge is -2.13. The average molecular weight is 446 g/mol. The lowest BCUT2D eigenvalue weighted by molar-refractivity contribution is -0.121. The number of ether oxygens (including phenoxy) is 4. The predicted molar refractivity (Wildman–Crippen MR) is 123 cm³/mol. The minimum absolute atomic E-state index is 0.0991. The van der Waals surface area contributed by atoms with Gasteiger partial charge in [-0.25, -0.2) is 0 Å². The summed E-state index contributed by atoms with van der Waals surface area (Å²) in [6.45, 7) is 3.13. The number of thioether (sulfide) groups is 1. The van der Waals surface area contributed by atoms with Gasteiger partial charge in [-0.15, -0.1) is 0 Å². The van der Waals surface area contributed by atoms with E-state index in [-0.39, 0.29) is 5.91 Å². The SMILES string of the molecule is CCOc1cc(/C=C2/SC(=S)N(C)C2=O)ccc1OCCOc1cccc(OC)c1. The maximum Gasteiger partial charge on any atom is 0.265 e. The monoisotopic (exact) mass is 445 g/mol. The molecule has 1 amide bonds. The van der Waals surface area contributed by atoms with Gasteiger partial charge >= 0.3 is 0 Å². The van der Waals surface area contributed by atoms with Gasteiger partial charge in [-0.3, -0.25) is 9.69 Å². The van der Waals surface area contributed by atoms with Gasteiger partial charge in [0, 0.05) is 13.1 Å². The first kappa shape index (κ1) is 22.0. The van der Waals surface area contributed by atoms with Crippen molar-refractivity contribution in [2.75, 3.05) is 34.0 Å². The fourth-order valence-electron chi connectivity index (χ4n) is 2.70. The van der Waals surface area contributed by atoms with Crippen molar-refractivity contribution in [3.05, 3.63) is 52.9 Å². The van der Waals surface area contributed by atoms with E-state index >= 15 is 0 Å². The number of carbonyl (C=O) groups excluding carboxylic acids is 1. The lowest BCUT2D eigenvalue weighted by atomic mass is 10.2. The molecule has 6 nitrogen and oxygen atoms in total. The van der Waals surface area contributed by atoms with Gasteiger partial charge in [0.15, 0.2) is 11.5 Å². The van der Waals surface area contributed by atoms with Crippen LogP contribution < -0.4 is 18.9 Å². The minimum atomic E-state index is -0.0991. The van der Waals surface area contributed by atoms with Crippen molar-refractivity contribution in [3.63, 3.8) is 0 Å². The summed E-state index contributed by atoms with van der Waals surface area (Å²) in [5.41, 5.74) is 0.840. The number of rotatable bonds is 9. The summed E-state index contributed by atoms with van der Waals surface area (Å²) in [5.74, 6) is 2.58. The van der Waals surface area contributed by atoms with E-state index in [2.05, 4.69) is 0 Å². The van der Waals surface area contributed by atoms with E-state index in [0.717, 1.165) is 11.3 Å². The molecule has 2 aromatic rings. The highest BCUT2D eigenvalue weighted by molar-refractivity contribution is 8.26. The molecule has 158 valence electrons. The largest absolute Gasteiger partial charge is 0.497 e. The van der Waals surface area contributed by atoms with E-state index in [1.807, 2.05) is 49.4 Å². The normalized spacial score (nSPS) is 14.9. The van der Waals surface area contributed by atoms with E-state index < -0.39 is 0 Å². The number of likely N-dealkylation sites (N-methyl/N-ethyl adjacent to an activating group) is 1. The molecule has 8 heteroatoms. The van der Waals surface area contributed by atoms with E-state index in [4.69, 9.17) is 31.2 Å². The molecular formula is C22H23NO5S2. The van der Waals surface area contributed by atoms with Crippen LogP contribution in [0.1, 0.15) is 12.5 Å². The van der Waals surface area contributed by atoms with Gasteiger partial charge in [-0.2, -0.15) is 0 Å². The number of benzene rings is 2. The predicted octanol–water partition coefficient (Wildman–Crippen LogP) is 4.38. The van der Waals surface area contributed by atoms with Crippen molar-refractivity contribution < 1.29 is 23.7 Å². The number of hydrogen-bond donors (Lipinski definition) is 0. The maximum absolute atomic E-state index is 12.2. The Balaban J connectivity index is 1.63. The van der Waals surface area contributed by atoms with Crippen LogP contribution in [-0.4, -0.2) is 49.1 Å². The third-order valence-corrected chi connectivity index (χ3v) is 5.69. The standard InChI is InChI=1S/C22H23NO5S2/c1-4-26-19-12-15(13-20-21(24)23(2)22(29)30-20)8-9-18(19)28-11-10-27-17-7-5-6-16(14-17)25-3/h5-9,12-14H,4,10-11H2,1-3H3/b20-13+. The number of amides is 1. The van der Waals surface area contributed by atoms with Crippen molar-refractivity contribution in [3.8, 4) is 23.0 Å². The molecule has 0 radical (unpaired) electrons. The lowest BCUT2D eigenvalue weighted by Crippen LogP contribution is -2.22. The van der Waals surface area contributed by atoms with Crippen LogP contribution in [0.4, 0.5) is 0 Å². The van der Waals surface area contributed by atoms with Gasteiger partial charge in [-0.1, -0.05) is 36.1 Å². The molecule has 0 saturated carbocycles. The van der Waals surface area contributed by atoms with Crippen LogP contribution in [0.5, 0.6) is 23.0 Å². The summed E-state index contributed by atoms with van der Waals surface area (Å²) in [6, 6.07) is 13.0. The summed E-state index contributed by atoms with van der Waals surface area (Å²) in [4.78, 5) is 14.3. The number of hydrogen-bond acceptors (Lipinski definition) is 7. The highest BCUT2D eigenvalue weighted by Crippen LogP contribution is 2.34. The van der Waals surface area contributed by atoms with Gasteiger partial charge in [0.05, 0.1) is 18.6 Å². The highest BCUT2D eigenvalue weighted by Gasteiger charge is 2.28. The first-order chi connectivity index (χ1) is 14.5. The molecule has 0 N–H and O–H groups in total. The first-order valence-electron chi connectivity index (χ1n) is 9.40. The summed E-state index contributed by atoms with van der Waals surface area (Å²) in [7, 11) is 3.29. The Morgan fingerprint density at radius 1 is 1.03 bits per heavy atom. The smallest absolute Gasteiger partial charge is 0.265 e. The van der Waals surface area contributed by atoms with Crippen LogP contribution in [-0.2, 0) is 4.79 Å². The van der Waals surface area contributed by atoms with E-state index in [1.165, 1.54) is 16.7 Å². The van der Waals surface area contributed by atoms with Gasteiger partial charge in [0.2, 0.25) is 0 Å².